The van der Waals surface area contributed by atoms with Gasteiger partial charge in [-0.1, -0.05) is 96.8 Å². The van der Waals surface area contributed by atoms with E-state index in [9.17, 15) is 5.11 Å². The average Bonchev–Trinajstić information content (AvgIpc) is 2.66. The Kier molecular flexibility index (Phi) is 15.0. The Morgan fingerprint density at radius 1 is 0.654 bits per heavy atom. The minimum atomic E-state index is 0.298. The third kappa shape index (κ3) is 13.9. The van der Waals surface area contributed by atoms with Gasteiger partial charge in [-0.15, -0.1) is 0 Å². The van der Waals surface area contributed by atoms with Crippen LogP contribution < -0.4 is 0 Å². The number of nitrogens with zero attached hydrogens (tertiary/aromatic N) is 1. The van der Waals surface area contributed by atoms with Crippen molar-refractivity contribution in [2.45, 2.75) is 110 Å². The Balaban J connectivity index is 1.77. The summed E-state index contributed by atoms with van der Waals surface area (Å²) in [6.07, 6.45) is 24.1. The lowest BCUT2D eigenvalue weighted by atomic mass is 10.0. The Hall–Kier alpha value is -1.31. The zero-order chi connectivity index (χ0) is 18.7. The van der Waals surface area contributed by atoms with E-state index in [1.807, 2.05) is 18.3 Å². The minimum Gasteiger partial charge on any atom is -0.508 e. The van der Waals surface area contributed by atoms with Crippen LogP contribution in [0.15, 0.2) is 29.3 Å². The van der Waals surface area contributed by atoms with E-state index in [0.717, 1.165) is 12.1 Å². The van der Waals surface area contributed by atoms with Gasteiger partial charge in [0, 0.05) is 6.21 Å². The summed E-state index contributed by atoms with van der Waals surface area (Å²) in [5.41, 5.74) is 0.920. The van der Waals surface area contributed by atoms with E-state index in [2.05, 4.69) is 11.9 Å². The van der Waals surface area contributed by atoms with Crippen LogP contribution in [0.5, 0.6) is 5.75 Å². The lowest BCUT2D eigenvalue weighted by molar-refractivity contribution is 0.475. The van der Waals surface area contributed by atoms with Gasteiger partial charge in [-0.05, 0) is 37.1 Å². The number of phenols is 1. The molecule has 1 aromatic rings. The molecule has 0 aromatic heterocycles. The third-order valence-electron chi connectivity index (χ3n) is 5.03. The zero-order valence-electron chi connectivity index (χ0n) is 17.1. The molecule has 0 bridgehead atoms. The predicted molar refractivity (Wildman–Crippen MR) is 116 cm³/mol. The van der Waals surface area contributed by atoms with Gasteiger partial charge in [0.05, 0.1) is 5.69 Å². The predicted octanol–water partition coefficient (Wildman–Crippen LogP) is 8.36. The van der Waals surface area contributed by atoms with E-state index in [1.165, 1.54) is 96.3 Å². The van der Waals surface area contributed by atoms with Crippen molar-refractivity contribution in [2.75, 3.05) is 0 Å². The molecule has 0 heterocycles. The molecule has 0 atom stereocenters. The fourth-order valence-electron chi connectivity index (χ4n) is 3.32. The van der Waals surface area contributed by atoms with Crippen molar-refractivity contribution < 1.29 is 5.11 Å². The minimum absolute atomic E-state index is 0.298. The van der Waals surface area contributed by atoms with Crippen LogP contribution in [0.3, 0.4) is 0 Å². The highest BCUT2D eigenvalue weighted by molar-refractivity contribution is 5.63. The molecule has 148 valence electrons. The number of hydrogen-bond donors (Lipinski definition) is 1. The Morgan fingerprint density at radius 3 is 1.54 bits per heavy atom. The SMILES string of the molecule is CCCCCCCCCCCCCCCCC/C=N\c1ccc(O)cc1. The number of unbranched alkanes of at least 4 members (excludes halogenated alkanes) is 15. The molecule has 1 aromatic carbocycles. The highest BCUT2D eigenvalue weighted by Crippen LogP contribution is 2.17. The van der Waals surface area contributed by atoms with Gasteiger partial charge < -0.3 is 5.11 Å². The fourth-order valence-corrected chi connectivity index (χ4v) is 3.32. The van der Waals surface area contributed by atoms with E-state index >= 15 is 0 Å². The summed E-state index contributed by atoms with van der Waals surface area (Å²) in [7, 11) is 0. The van der Waals surface area contributed by atoms with E-state index < -0.39 is 0 Å². The van der Waals surface area contributed by atoms with Gasteiger partial charge in [-0.25, -0.2) is 0 Å². The summed E-state index contributed by atoms with van der Waals surface area (Å²) in [6.45, 7) is 2.29. The number of hydrogen-bond acceptors (Lipinski definition) is 2. The molecule has 0 saturated heterocycles. The van der Waals surface area contributed by atoms with Crippen LogP contribution in [0.1, 0.15) is 110 Å². The van der Waals surface area contributed by atoms with Crippen molar-refractivity contribution in [2.24, 2.45) is 4.99 Å². The number of aromatic hydroxyl groups is 1. The van der Waals surface area contributed by atoms with Crippen molar-refractivity contribution in [1.82, 2.24) is 0 Å². The average molecular weight is 360 g/mol. The van der Waals surface area contributed by atoms with Crippen molar-refractivity contribution in [3.05, 3.63) is 24.3 Å². The molecule has 2 nitrogen and oxygen atoms in total. The largest absolute Gasteiger partial charge is 0.508 e. The first-order valence-electron chi connectivity index (χ1n) is 11.1. The topological polar surface area (TPSA) is 32.6 Å². The summed E-state index contributed by atoms with van der Waals surface area (Å²) in [5, 5.41) is 9.23. The number of rotatable bonds is 17. The summed E-state index contributed by atoms with van der Waals surface area (Å²) in [4.78, 5) is 4.41. The molecule has 0 aliphatic rings. The number of phenolic OH excluding ortho intramolecular Hbond substituents is 1. The molecular formula is C24H41NO. The normalized spacial score (nSPS) is 11.4. The summed E-state index contributed by atoms with van der Waals surface area (Å²) < 4.78 is 0. The first-order valence-corrected chi connectivity index (χ1v) is 11.1. The van der Waals surface area contributed by atoms with Crippen LogP contribution >= 0.6 is 0 Å². The highest BCUT2D eigenvalue weighted by atomic mass is 16.3. The third-order valence-corrected chi connectivity index (χ3v) is 5.03. The fraction of sp³-hybridized carbons (Fsp3) is 0.708. The van der Waals surface area contributed by atoms with E-state index in [0.29, 0.717) is 5.75 Å². The molecule has 0 aliphatic heterocycles. The Morgan fingerprint density at radius 2 is 1.08 bits per heavy atom. The van der Waals surface area contributed by atoms with E-state index in [-0.39, 0.29) is 0 Å². The molecule has 0 amide bonds. The number of benzene rings is 1. The second kappa shape index (κ2) is 17.1. The molecule has 0 fully saturated rings. The molecule has 1 rings (SSSR count). The maximum atomic E-state index is 9.23. The van der Waals surface area contributed by atoms with Gasteiger partial charge in [-0.2, -0.15) is 0 Å². The molecule has 0 spiro atoms. The van der Waals surface area contributed by atoms with Gasteiger partial charge in [0.1, 0.15) is 5.75 Å². The molecule has 0 saturated carbocycles. The quantitative estimate of drug-likeness (QED) is 0.220. The Labute approximate surface area is 162 Å². The lowest BCUT2D eigenvalue weighted by Crippen LogP contribution is -1.84. The van der Waals surface area contributed by atoms with E-state index in [4.69, 9.17) is 0 Å². The Bertz CT molecular complexity index is 438. The molecule has 1 N–H and O–H groups in total. The van der Waals surface area contributed by atoms with Crippen LogP contribution in [0.4, 0.5) is 5.69 Å². The van der Waals surface area contributed by atoms with Gasteiger partial charge in [0.25, 0.3) is 0 Å². The zero-order valence-corrected chi connectivity index (χ0v) is 17.1. The number of aliphatic imine (C=N–C) groups is 1. The van der Waals surface area contributed by atoms with Gasteiger partial charge in [0.2, 0.25) is 0 Å². The van der Waals surface area contributed by atoms with Gasteiger partial charge >= 0.3 is 0 Å². The van der Waals surface area contributed by atoms with Gasteiger partial charge in [0.15, 0.2) is 0 Å². The van der Waals surface area contributed by atoms with Crippen LogP contribution in [-0.2, 0) is 0 Å². The summed E-state index contributed by atoms with van der Waals surface area (Å²) >= 11 is 0. The van der Waals surface area contributed by atoms with Crippen LogP contribution in [0, 0.1) is 0 Å². The van der Waals surface area contributed by atoms with Crippen molar-refractivity contribution in [1.29, 1.82) is 0 Å². The molecular weight excluding hydrogens is 318 g/mol. The maximum absolute atomic E-state index is 9.23. The van der Waals surface area contributed by atoms with Crippen molar-refractivity contribution in [3.8, 4) is 5.75 Å². The molecule has 2 heteroatoms. The molecule has 0 radical (unpaired) electrons. The smallest absolute Gasteiger partial charge is 0.115 e. The maximum Gasteiger partial charge on any atom is 0.115 e. The first-order chi connectivity index (χ1) is 12.8. The van der Waals surface area contributed by atoms with Gasteiger partial charge in [-0.3, -0.25) is 4.99 Å². The summed E-state index contributed by atoms with van der Waals surface area (Å²) in [6, 6.07) is 7.05. The molecule has 26 heavy (non-hydrogen) atoms. The van der Waals surface area contributed by atoms with Crippen LogP contribution in [-0.4, -0.2) is 11.3 Å². The van der Waals surface area contributed by atoms with Crippen molar-refractivity contribution in [3.63, 3.8) is 0 Å². The monoisotopic (exact) mass is 359 g/mol. The second-order valence-electron chi connectivity index (χ2n) is 7.57. The lowest BCUT2D eigenvalue weighted by Gasteiger charge is -2.03. The van der Waals surface area contributed by atoms with E-state index in [1.54, 1.807) is 12.1 Å². The highest BCUT2D eigenvalue weighted by Gasteiger charge is 1.94. The second-order valence-corrected chi connectivity index (χ2v) is 7.57. The summed E-state index contributed by atoms with van der Waals surface area (Å²) in [5.74, 6) is 0.298. The first kappa shape index (κ1) is 22.7. The standard InChI is InChI=1S/C24H41NO/c1-2-3-4-5-6-7-8-9-10-11-12-13-14-15-16-17-22-25-23-18-20-24(26)21-19-23/h18-22,26H,2-17H2,1H3/b25-22-. The van der Waals surface area contributed by atoms with Crippen LogP contribution in [0.25, 0.3) is 0 Å². The van der Waals surface area contributed by atoms with Crippen LogP contribution in [0.2, 0.25) is 0 Å². The van der Waals surface area contributed by atoms with Crippen molar-refractivity contribution >= 4 is 11.9 Å². The molecule has 0 unspecified atom stereocenters. The molecule has 0 aliphatic carbocycles.